The van der Waals surface area contributed by atoms with Crippen LogP contribution in [0.3, 0.4) is 0 Å². The number of nitrogens with zero attached hydrogens (tertiary/aromatic N) is 1. The Hall–Kier alpha value is -0.830. The molecule has 0 aromatic heterocycles. The van der Waals surface area contributed by atoms with Gasteiger partial charge in [0.1, 0.15) is 0 Å². The molecule has 3 nitrogen and oxygen atoms in total. The Morgan fingerprint density at radius 2 is 2.12 bits per heavy atom. The first-order chi connectivity index (χ1) is 7.90. The van der Waals surface area contributed by atoms with Crippen molar-refractivity contribution in [1.82, 2.24) is 4.90 Å². The number of rotatable bonds is 3. The van der Waals surface area contributed by atoms with Gasteiger partial charge in [-0.3, -0.25) is 4.79 Å². The van der Waals surface area contributed by atoms with Gasteiger partial charge < -0.3 is 10.6 Å². The number of allylic oxidation sites excluding steroid dienone is 1. The molecule has 98 valence electrons. The molecule has 2 atom stereocenters. The van der Waals surface area contributed by atoms with Crippen LogP contribution in [-0.2, 0) is 4.79 Å². The molecule has 1 rings (SSSR count). The number of nitrogens with two attached hydrogens (primary N) is 1. The highest BCUT2D eigenvalue weighted by atomic mass is 16.2. The lowest BCUT2D eigenvalue weighted by molar-refractivity contribution is -0.127. The topological polar surface area (TPSA) is 46.3 Å². The molecule has 1 amide bonds. The van der Waals surface area contributed by atoms with Gasteiger partial charge in [-0.2, -0.15) is 0 Å². The highest BCUT2D eigenvalue weighted by molar-refractivity contribution is 5.88. The van der Waals surface area contributed by atoms with Crippen molar-refractivity contribution in [3.63, 3.8) is 0 Å². The SMILES string of the molecule is CC(C)=CC(=O)N1CCC(CC(C)C)C(N)C1. The zero-order chi connectivity index (χ0) is 13.0. The minimum Gasteiger partial charge on any atom is -0.338 e. The summed E-state index contributed by atoms with van der Waals surface area (Å²) in [6.07, 6.45) is 3.92. The number of hydrogen-bond acceptors (Lipinski definition) is 2. The summed E-state index contributed by atoms with van der Waals surface area (Å²) in [5.74, 6) is 1.38. The van der Waals surface area contributed by atoms with Crippen molar-refractivity contribution in [2.24, 2.45) is 17.6 Å². The summed E-state index contributed by atoms with van der Waals surface area (Å²) >= 11 is 0. The monoisotopic (exact) mass is 238 g/mol. The van der Waals surface area contributed by atoms with E-state index in [1.54, 1.807) is 6.08 Å². The Morgan fingerprint density at radius 1 is 1.47 bits per heavy atom. The third-order valence-corrected chi connectivity index (χ3v) is 3.30. The third-order valence-electron chi connectivity index (χ3n) is 3.30. The minimum atomic E-state index is 0.114. The van der Waals surface area contributed by atoms with Crippen molar-refractivity contribution >= 4 is 5.91 Å². The van der Waals surface area contributed by atoms with Crippen LogP contribution < -0.4 is 5.73 Å². The summed E-state index contributed by atoms with van der Waals surface area (Å²) in [6.45, 7) is 9.92. The van der Waals surface area contributed by atoms with E-state index in [4.69, 9.17) is 5.73 Å². The molecule has 2 N–H and O–H groups in total. The first-order valence-electron chi connectivity index (χ1n) is 6.59. The van der Waals surface area contributed by atoms with Gasteiger partial charge in [-0.05, 0) is 38.5 Å². The lowest BCUT2D eigenvalue weighted by atomic mass is 9.85. The van der Waals surface area contributed by atoms with Crippen LogP contribution >= 0.6 is 0 Å². The van der Waals surface area contributed by atoms with Crippen molar-refractivity contribution < 1.29 is 4.79 Å². The lowest BCUT2D eigenvalue weighted by Gasteiger charge is -2.37. The van der Waals surface area contributed by atoms with E-state index in [1.807, 2.05) is 18.7 Å². The molecule has 0 aromatic rings. The maximum atomic E-state index is 11.9. The summed E-state index contributed by atoms with van der Waals surface area (Å²) in [6, 6.07) is 0.140. The van der Waals surface area contributed by atoms with Gasteiger partial charge in [-0.1, -0.05) is 19.4 Å². The van der Waals surface area contributed by atoms with E-state index in [0.29, 0.717) is 18.4 Å². The van der Waals surface area contributed by atoms with E-state index in [-0.39, 0.29) is 11.9 Å². The Balaban J connectivity index is 2.52. The Bertz CT molecular complexity index is 293. The van der Waals surface area contributed by atoms with E-state index in [2.05, 4.69) is 13.8 Å². The molecule has 0 saturated carbocycles. The van der Waals surface area contributed by atoms with Crippen LogP contribution in [0.5, 0.6) is 0 Å². The zero-order valence-electron chi connectivity index (χ0n) is 11.6. The molecule has 17 heavy (non-hydrogen) atoms. The van der Waals surface area contributed by atoms with Crippen molar-refractivity contribution in [1.29, 1.82) is 0 Å². The number of carbonyl (C=O) groups is 1. The average Bonchev–Trinajstić information content (AvgIpc) is 2.19. The van der Waals surface area contributed by atoms with E-state index < -0.39 is 0 Å². The van der Waals surface area contributed by atoms with Crippen LogP contribution in [-0.4, -0.2) is 29.9 Å². The van der Waals surface area contributed by atoms with Gasteiger partial charge in [-0.25, -0.2) is 0 Å². The largest absolute Gasteiger partial charge is 0.338 e. The van der Waals surface area contributed by atoms with Crippen molar-refractivity contribution in [3.05, 3.63) is 11.6 Å². The fourth-order valence-electron chi connectivity index (χ4n) is 2.47. The van der Waals surface area contributed by atoms with Crippen LogP contribution in [0.25, 0.3) is 0 Å². The van der Waals surface area contributed by atoms with Gasteiger partial charge in [0.2, 0.25) is 5.91 Å². The van der Waals surface area contributed by atoms with Gasteiger partial charge >= 0.3 is 0 Å². The standard InChI is InChI=1S/C14H26N2O/c1-10(2)7-12-5-6-16(9-13(12)15)14(17)8-11(3)4/h8,10,12-13H,5-7,9,15H2,1-4H3. The number of hydrogen-bond donors (Lipinski definition) is 1. The highest BCUT2D eigenvalue weighted by Gasteiger charge is 2.28. The lowest BCUT2D eigenvalue weighted by Crippen LogP contribution is -2.50. The molecule has 0 aromatic carbocycles. The van der Waals surface area contributed by atoms with Crippen LogP contribution in [0.2, 0.25) is 0 Å². The van der Waals surface area contributed by atoms with Crippen molar-refractivity contribution in [2.45, 2.75) is 46.6 Å². The molecule has 0 bridgehead atoms. The molecular weight excluding hydrogens is 212 g/mol. The van der Waals surface area contributed by atoms with Gasteiger partial charge in [0.15, 0.2) is 0 Å². The molecule has 1 heterocycles. The summed E-state index contributed by atoms with van der Waals surface area (Å²) in [5.41, 5.74) is 7.22. The van der Waals surface area contributed by atoms with E-state index >= 15 is 0 Å². The summed E-state index contributed by atoms with van der Waals surface area (Å²) < 4.78 is 0. The van der Waals surface area contributed by atoms with Gasteiger partial charge in [0.25, 0.3) is 0 Å². The first-order valence-corrected chi connectivity index (χ1v) is 6.59. The maximum Gasteiger partial charge on any atom is 0.246 e. The van der Waals surface area contributed by atoms with Crippen LogP contribution in [0.1, 0.15) is 40.5 Å². The molecule has 0 radical (unpaired) electrons. The molecule has 1 aliphatic rings. The first kappa shape index (κ1) is 14.2. The van der Waals surface area contributed by atoms with Crippen molar-refractivity contribution in [2.75, 3.05) is 13.1 Å². The number of likely N-dealkylation sites (tertiary alicyclic amines) is 1. The summed E-state index contributed by atoms with van der Waals surface area (Å²) in [7, 11) is 0. The molecule has 1 saturated heterocycles. The fourth-order valence-corrected chi connectivity index (χ4v) is 2.47. The average molecular weight is 238 g/mol. The molecule has 3 heteroatoms. The van der Waals surface area contributed by atoms with Gasteiger partial charge in [-0.15, -0.1) is 0 Å². The maximum absolute atomic E-state index is 11.9. The van der Waals surface area contributed by atoms with Crippen LogP contribution in [0.15, 0.2) is 11.6 Å². The van der Waals surface area contributed by atoms with Crippen molar-refractivity contribution in [3.8, 4) is 0 Å². The summed E-state index contributed by atoms with van der Waals surface area (Å²) in [4.78, 5) is 13.8. The molecule has 1 aliphatic heterocycles. The minimum absolute atomic E-state index is 0.114. The van der Waals surface area contributed by atoms with E-state index in [1.165, 1.54) is 6.42 Å². The second kappa shape index (κ2) is 6.20. The van der Waals surface area contributed by atoms with Crippen LogP contribution in [0, 0.1) is 11.8 Å². The number of amides is 1. The van der Waals surface area contributed by atoms with Gasteiger partial charge in [0.05, 0.1) is 0 Å². The fraction of sp³-hybridized carbons (Fsp3) is 0.786. The molecule has 1 fully saturated rings. The molecular formula is C14H26N2O. The number of carbonyl (C=O) groups excluding carboxylic acids is 1. The second-order valence-electron chi connectivity index (χ2n) is 5.85. The Morgan fingerprint density at radius 3 is 2.59 bits per heavy atom. The van der Waals surface area contributed by atoms with E-state index in [0.717, 1.165) is 18.5 Å². The Kier molecular flexibility index (Phi) is 5.19. The quantitative estimate of drug-likeness (QED) is 0.766. The second-order valence-corrected chi connectivity index (χ2v) is 5.85. The van der Waals surface area contributed by atoms with Gasteiger partial charge in [0, 0.05) is 25.2 Å². The predicted molar refractivity (Wildman–Crippen MR) is 71.5 cm³/mol. The normalized spacial score (nSPS) is 24.9. The smallest absolute Gasteiger partial charge is 0.246 e. The zero-order valence-corrected chi connectivity index (χ0v) is 11.6. The highest BCUT2D eigenvalue weighted by Crippen LogP contribution is 2.23. The van der Waals surface area contributed by atoms with Crippen LogP contribution in [0.4, 0.5) is 0 Å². The molecule has 0 spiro atoms. The predicted octanol–water partition coefficient (Wildman–Crippen LogP) is 2.17. The Labute approximate surface area is 105 Å². The molecule has 0 aliphatic carbocycles. The molecule has 2 unspecified atom stereocenters. The third kappa shape index (κ3) is 4.50. The number of piperidine rings is 1. The van der Waals surface area contributed by atoms with E-state index in [9.17, 15) is 4.79 Å². The summed E-state index contributed by atoms with van der Waals surface area (Å²) in [5, 5.41) is 0.